The summed E-state index contributed by atoms with van der Waals surface area (Å²) < 4.78 is 11.2. The van der Waals surface area contributed by atoms with E-state index < -0.39 is 19.9 Å². The third kappa shape index (κ3) is 7.91. The fourth-order valence-electron chi connectivity index (χ4n) is 2.88. The van der Waals surface area contributed by atoms with Gasteiger partial charge in [-0.05, 0) is 65.7 Å². The van der Waals surface area contributed by atoms with Crippen LogP contribution in [0.3, 0.4) is 0 Å². The molecule has 30 heavy (non-hydrogen) atoms. The Morgan fingerprint density at radius 3 is 2.30 bits per heavy atom. The summed E-state index contributed by atoms with van der Waals surface area (Å²) in [4.78, 5) is 23.9. The van der Waals surface area contributed by atoms with Crippen LogP contribution in [0.1, 0.15) is 71.9 Å². The smallest absolute Gasteiger partial charge is 0.313 e. The molecule has 7 heteroatoms. The van der Waals surface area contributed by atoms with E-state index in [-0.39, 0.29) is 36.2 Å². The number of rotatable bonds is 12. The summed E-state index contributed by atoms with van der Waals surface area (Å²) in [6.07, 6.45) is 0.806. The molecule has 0 amide bonds. The van der Waals surface area contributed by atoms with Crippen molar-refractivity contribution in [2.75, 3.05) is 6.61 Å². The summed E-state index contributed by atoms with van der Waals surface area (Å²) >= 11 is 1.64. The molecule has 5 nitrogen and oxygen atoms in total. The summed E-state index contributed by atoms with van der Waals surface area (Å²) in [5, 5.41) is 15.5. The van der Waals surface area contributed by atoms with Gasteiger partial charge in [0.05, 0.1) is 18.8 Å². The second-order valence-electron chi connectivity index (χ2n) is 9.93. The first kappa shape index (κ1) is 27.0. The van der Waals surface area contributed by atoms with Crippen LogP contribution in [0.5, 0.6) is 0 Å². The van der Waals surface area contributed by atoms with Gasteiger partial charge in [-0.2, -0.15) is 11.3 Å². The van der Waals surface area contributed by atoms with Crippen LogP contribution in [0.15, 0.2) is 10.8 Å². The Balaban J connectivity index is 2.77. The average molecular weight is 457 g/mol. The molecular weight excluding hydrogens is 416 g/mol. The van der Waals surface area contributed by atoms with Gasteiger partial charge < -0.3 is 14.3 Å². The zero-order valence-electron chi connectivity index (χ0n) is 20.0. The highest BCUT2D eigenvalue weighted by Crippen LogP contribution is 2.37. The molecule has 0 aliphatic carbocycles. The molecule has 0 aliphatic heterocycles. The lowest BCUT2D eigenvalue weighted by atomic mass is 9.80. The lowest BCUT2D eigenvalue weighted by molar-refractivity contribution is -0.146. The molecule has 0 fully saturated rings. The van der Waals surface area contributed by atoms with Gasteiger partial charge >= 0.3 is 5.97 Å². The molecule has 1 N–H and O–H groups in total. The van der Waals surface area contributed by atoms with Crippen molar-refractivity contribution in [3.8, 4) is 0 Å². The number of esters is 1. The van der Waals surface area contributed by atoms with E-state index in [0.717, 1.165) is 11.1 Å². The van der Waals surface area contributed by atoms with E-state index in [9.17, 15) is 14.7 Å². The normalized spacial score (nSPS) is 14.6. The van der Waals surface area contributed by atoms with E-state index in [2.05, 4.69) is 44.6 Å². The minimum atomic E-state index is -1.84. The Morgan fingerprint density at radius 2 is 1.77 bits per heavy atom. The van der Waals surface area contributed by atoms with Gasteiger partial charge in [0.25, 0.3) is 0 Å². The SMILES string of the molecule is CCOC(=O)CC(=O)CC(O)(CCc1cscc1CO[Si](C)(C)C(C)(C)C)C(C)C. The molecule has 0 saturated carbocycles. The minimum Gasteiger partial charge on any atom is -0.466 e. The molecule has 1 aromatic heterocycles. The molecule has 1 aromatic rings. The Kier molecular flexibility index (Phi) is 9.93. The molecule has 1 rings (SSSR count). The highest BCUT2D eigenvalue weighted by atomic mass is 32.1. The third-order valence-electron chi connectivity index (χ3n) is 6.28. The van der Waals surface area contributed by atoms with E-state index in [1.54, 1.807) is 18.3 Å². The van der Waals surface area contributed by atoms with Crippen molar-refractivity contribution in [2.24, 2.45) is 5.92 Å². The Morgan fingerprint density at radius 1 is 1.17 bits per heavy atom. The summed E-state index contributed by atoms with van der Waals surface area (Å²) in [7, 11) is -1.84. The standard InChI is InChI=1S/C23H40O5SSi/c1-9-27-21(25)12-20(24)13-23(26,17(2)3)11-10-18-15-29-16-19(18)14-28-30(7,8)22(4,5)6/h15-17,26H,9-14H2,1-8H3. The van der Waals surface area contributed by atoms with Gasteiger partial charge in [0.1, 0.15) is 12.2 Å². The minimum absolute atomic E-state index is 0.0383. The van der Waals surface area contributed by atoms with E-state index in [4.69, 9.17) is 9.16 Å². The van der Waals surface area contributed by atoms with Crippen LogP contribution in [0.2, 0.25) is 18.1 Å². The maximum absolute atomic E-state index is 12.3. The molecule has 0 aromatic carbocycles. The number of hydrogen-bond acceptors (Lipinski definition) is 6. The zero-order valence-corrected chi connectivity index (χ0v) is 21.8. The number of aryl methyl sites for hydroxylation is 1. The van der Waals surface area contributed by atoms with E-state index in [1.165, 1.54) is 0 Å². The van der Waals surface area contributed by atoms with Crippen LogP contribution in [0, 0.1) is 5.92 Å². The van der Waals surface area contributed by atoms with Crippen molar-refractivity contribution < 1.29 is 23.9 Å². The fourth-order valence-corrected chi connectivity index (χ4v) is 4.71. The highest BCUT2D eigenvalue weighted by Gasteiger charge is 2.37. The fraction of sp³-hybridized carbons (Fsp3) is 0.739. The molecule has 1 atom stereocenters. The summed E-state index contributed by atoms with van der Waals surface area (Å²) in [5.41, 5.74) is 1.17. The van der Waals surface area contributed by atoms with E-state index in [1.807, 2.05) is 13.8 Å². The number of thiophene rings is 1. The second-order valence-corrected chi connectivity index (χ2v) is 15.5. The monoisotopic (exact) mass is 456 g/mol. The summed E-state index contributed by atoms with van der Waals surface area (Å²) in [6.45, 7) is 17.5. The molecular formula is C23H40O5SSi. The quantitative estimate of drug-likeness (QED) is 0.255. The first-order valence-electron chi connectivity index (χ1n) is 10.8. The molecule has 0 saturated heterocycles. The highest BCUT2D eigenvalue weighted by molar-refractivity contribution is 7.08. The largest absolute Gasteiger partial charge is 0.466 e. The number of ether oxygens (including phenoxy) is 1. The number of carbonyl (C=O) groups excluding carboxylic acids is 2. The Labute approximate surface area is 187 Å². The van der Waals surface area contributed by atoms with E-state index >= 15 is 0 Å². The van der Waals surface area contributed by atoms with Gasteiger partial charge in [0.2, 0.25) is 0 Å². The predicted octanol–water partition coefficient (Wildman–Crippen LogP) is 5.50. The maximum Gasteiger partial charge on any atom is 0.313 e. The van der Waals surface area contributed by atoms with Crippen molar-refractivity contribution in [3.63, 3.8) is 0 Å². The average Bonchev–Trinajstić information content (AvgIpc) is 3.04. The van der Waals surface area contributed by atoms with Crippen LogP contribution in [0.4, 0.5) is 0 Å². The van der Waals surface area contributed by atoms with Crippen LogP contribution >= 0.6 is 11.3 Å². The predicted molar refractivity (Wildman–Crippen MR) is 125 cm³/mol. The number of hydrogen-bond donors (Lipinski definition) is 1. The van der Waals surface area contributed by atoms with Crippen molar-refractivity contribution >= 4 is 31.4 Å². The number of ketones is 1. The van der Waals surface area contributed by atoms with Crippen LogP contribution in [0.25, 0.3) is 0 Å². The first-order valence-corrected chi connectivity index (χ1v) is 14.6. The first-order chi connectivity index (χ1) is 13.7. The van der Waals surface area contributed by atoms with Crippen molar-refractivity contribution in [2.45, 2.75) is 97.6 Å². The molecule has 0 bridgehead atoms. The number of Topliss-reactive ketones (excluding diaryl/α,β-unsaturated/α-hetero) is 1. The molecule has 172 valence electrons. The molecule has 1 heterocycles. The molecule has 0 radical (unpaired) electrons. The number of aliphatic hydroxyl groups is 1. The van der Waals surface area contributed by atoms with Gasteiger partial charge in [-0.25, -0.2) is 0 Å². The van der Waals surface area contributed by atoms with Crippen molar-refractivity contribution in [1.29, 1.82) is 0 Å². The summed E-state index contributed by atoms with van der Waals surface area (Å²) in [5.74, 6) is -0.915. The Hall–Kier alpha value is -1.02. The van der Waals surface area contributed by atoms with Gasteiger partial charge in [-0.1, -0.05) is 34.6 Å². The van der Waals surface area contributed by atoms with Crippen LogP contribution < -0.4 is 0 Å². The van der Waals surface area contributed by atoms with Crippen LogP contribution in [-0.2, 0) is 31.8 Å². The van der Waals surface area contributed by atoms with Gasteiger partial charge in [0.15, 0.2) is 8.32 Å². The molecule has 0 aliphatic rings. The third-order valence-corrected chi connectivity index (χ3v) is 11.6. The van der Waals surface area contributed by atoms with Crippen LogP contribution in [-0.4, -0.2) is 37.4 Å². The summed E-state index contributed by atoms with van der Waals surface area (Å²) in [6, 6.07) is 0. The Bertz CT molecular complexity index is 705. The molecule has 1 unspecified atom stereocenters. The topological polar surface area (TPSA) is 72.8 Å². The van der Waals surface area contributed by atoms with E-state index in [0.29, 0.717) is 19.4 Å². The lowest BCUT2D eigenvalue weighted by Gasteiger charge is -2.36. The number of carbonyl (C=O) groups is 2. The van der Waals surface area contributed by atoms with Gasteiger partial charge in [-0.3, -0.25) is 9.59 Å². The van der Waals surface area contributed by atoms with Crippen molar-refractivity contribution in [3.05, 3.63) is 21.9 Å². The van der Waals surface area contributed by atoms with Gasteiger partial charge in [0, 0.05) is 6.42 Å². The maximum atomic E-state index is 12.3. The van der Waals surface area contributed by atoms with Crippen molar-refractivity contribution in [1.82, 2.24) is 0 Å². The molecule has 0 spiro atoms. The zero-order chi connectivity index (χ0) is 23.2. The van der Waals surface area contributed by atoms with Gasteiger partial charge in [-0.15, -0.1) is 0 Å². The lowest BCUT2D eigenvalue weighted by Crippen LogP contribution is -2.40. The second kappa shape index (κ2) is 11.0.